The van der Waals surface area contributed by atoms with Gasteiger partial charge in [0.05, 0.1) is 4.90 Å². The molecule has 1 atom stereocenters. The van der Waals surface area contributed by atoms with Crippen LogP contribution in [0.5, 0.6) is 0 Å². The van der Waals surface area contributed by atoms with Crippen molar-refractivity contribution in [2.75, 3.05) is 0 Å². The van der Waals surface area contributed by atoms with E-state index in [9.17, 15) is 8.42 Å². The minimum atomic E-state index is -3.54. The van der Waals surface area contributed by atoms with Crippen LogP contribution in [0.2, 0.25) is 0 Å². The maximum absolute atomic E-state index is 13.0. The molecular weight excluding hydrogens is 330 g/mol. The molecule has 25 heavy (non-hydrogen) atoms. The van der Waals surface area contributed by atoms with E-state index in [1.807, 2.05) is 39.8 Å². The van der Waals surface area contributed by atoms with Crippen LogP contribution in [0.4, 0.5) is 0 Å². The van der Waals surface area contributed by atoms with Gasteiger partial charge in [0.2, 0.25) is 10.0 Å². The molecule has 0 spiro atoms. The summed E-state index contributed by atoms with van der Waals surface area (Å²) in [4.78, 5) is 0.414. The van der Waals surface area contributed by atoms with Crippen LogP contribution >= 0.6 is 0 Å². The zero-order chi connectivity index (χ0) is 18.8. The highest BCUT2D eigenvalue weighted by atomic mass is 32.2. The molecule has 1 N–H and O–H groups in total. The molecule has 0 amide bonds. The van der Waals surface area contributed by atoms with Gasteiger partial charge in [-0.15, -0.1) is 0 Å². The van der Waals surface area contributed by atoms with Crippen LogP contribution in [-0.4, -0.2) is 14.5 Å². The Labute approximate surface area is 152 Å². The second-order valence-electron chi connectivity index (χ2n) is 7.09. The Bertz CT molecular complexity index is 846. The summed E-state index contributed by atoms with van der Waals surface area (Å²) in [6.07, 6.45) is 1.45. The van der Waals surface area contributed by atoms with Gasteiger partial charge in [0.25, 0.3) is 0 Å². The van der Waals surface area contributed by atoms with Gasteiger partial charge in [-0.05, 0) is 69.7 Å². The molecule has 4 heteroatoms. The highest BCUT2D eigenvalue weighted by Crippen LogP contribution is 2.23. The van der Waals surface area contributed by atoms with E-state index in [-0.39, 0.29) is 6.04 Å². The summed E-state index contributed by atoms with van der Waals surface area (Å²) in [6, 6.07) is 10.1. The van der Waals surface area contributed by atoms with Crippen molar-refractivity contribution in [1.82, 2.24) is 4.72 Å². The third-order valence-electron chi connectivity index (χ3n) is 4.65. The number of hydrogen-bond donors (Lipinski definition) is 1. The summed E-state index contributed by atoms with van der Waals surface area (Å²) in [7, 11) is -3.54. The maximum atomic E-state index is 13.0. The van der Waals surface area contributed by atoms with Crippen LogP contribution in [0.15, 0.2) is 35.2 Å². The van der Waals surface area contributed by atoms with Crippen molar-refractivity contribution in [3.63, 3.8) is 0 Å². The van der Waals surface area contributed by atoms with Crippen molar-refractivity contribution in [3.8, 4) is 0 Å². The first-order valence-corrected chi connectivity index (χ1v) is 10.3. The fraction of sp³-hybridized carbons (Fsp3) is 0.429. The maximum Gasteiger partial charge on any atom is 0.241 e. The van der Waals surface area contributed by atoms with Crippen LogP contribution in [-0.2, 0) is 16.4 Å². The molecule has 3 nitrogen and oxygen atoms in total. The number of hydrogen-bond acceptors (Lipinski definition) is 2. The van der Waals surface area contributed by atoms with Gasteiger partial charge >= 0.3 is 0 Å². The van der Waals surface area contributed by atoms with E-state index in [2.05, 4.69) is 36.8 Å². The van der Waals surface area contributed by atoms with Gasteiger partial charge in [-0.3, -0.25) is 0 Å². The number of sulfonamides is 1. The predicted molar refractivity (Wildman–Crippen MR) is 105 cm³/mol. The molecule has 0 aromatic heterocycles. The van der Waals surface area contributed by atoms with E-state index in [1.165, 1.54) is 16.7 Å². The highest BCUT2D eigenvalue weighted by Gasteiger charge is 2.23. The van der Waals surface area contributed by atoms with Crippen LogP contribution in [0.3, 0.4) is 0 Å². The van der Waals surface area contributed by atoms with Crippen LogP contribution in [0.1, 0.15) is 46.7 Å². The summed E-state index contributed by atoms with van der Waals surface area (Å²) >= 11 is 0. The van der Waals surface area contributed by atoms with Gasteiger partial charge < -0.3 is 0 Å². The number of nitrogens with one attached hydrogen (secondary N) is 1. The van der Waals surface area contributed by atoms with Gasteiger partial charge in [0, 0.05) is 6.04 Å². The Balaban J connectivity index is 2.28. The lowest BCUT2D eigenvalue weighted by Crippen LogP contribution is -2.36. The first-order valence-electron chi connectivity index (χ1n) is 8.80. The zero-order valence-corrected chi connectivity index (χ0v) is 16.9. The zero-order valence-electron chi connectivity index (χ0n) is 16.1. The predicted octanol–water partition coefficient (Wildman–Crippen LogP) is 4.53. The number of aryl methyl sites for hydroxylation is 5. The van der Waals surface area contributed by atoms with E-state index < -0.39 is 10.0 Å². The SMILES string of the molecule is CCC(Cc1ccc(C)cc1C)NS(=O)(=O)c1c(C)cc(C)cc1C. The van der Waals surface area contributed by atoms with Gasteiger partial charge in [-0.25, -0.2) is 13.1 Å². The molecule has 2 aromatic rings. The third-order valence-corrected chi connectivity index (χ3v) is 6.48. The molecule has 0 aliphatic heterocycles. The Morgan fingerprint density at radius 3 is 1.96 bits per heavy atom. The summed E-state index contributed by atoms with van der Waals surface area (Å²) in [5.41, 5.74) is 6.30. The second kappa shape index (κ2) is 7.71. The second-order valence-corrected chi connectivity index (χ2v) is 8.74. The largest absolute Gasteiger partial charge is 0.241 e. The minimum absolute atomic E-state index is 0.119. The summed E-state index contributed by atoms with van der Waals surface area (Å²) < 4.78 is 28.9. The van der Waals surface area contributed by atoms with Gasteiger partial charge in [0.1, 0.15) is 0 Å². The van der Waals surface area contributed by atoms with Crippen LogP contribution < -0.4 is 4.72 Å². The van der Waals surface area contributed by atoms with E-state index in [0.717, 1.165) is 23.1 Å². The lowest BCUT2D eigenvalue weighted by Gasteiger charge is -2.20. The molecule has 0 heterocycles. The van der Waals surface area contributed by atoms with E-state index in [1.54, 1.807) is 0 Å². The molecular formula is C21H29NO2S. The van der Waals surface area contributed by atoms with Crippen molar-refractivity contribution in [3.05, 3.63) is 63.7 Å². The van der Waals surface area contributed by atoms with Gasteiger partial charge in [-0.2, -0.15) is 0 Å². The topological polar surface area (TPSA) is 46.2 Å². The molecule has 0 aliphatic rings. The minimum Gasteiger partial charge on any atom is -0.208 e. The first kappa shape index (κ1) is 19.7. The Morgan fingerprint density at radius 1 is 0.880 bits per heavy atom. The number of rotatable bonds is 6. The summed E-state index contributed by atoms with van der Waals surface area (Å²) in [5.74, 6) is 0. The Morgan fingerprint density at radius 2 is 1.44 bits per heavy atom. The first-order chi connectivity index (χ1) is 11.6. The Kier molecular flexibility index (Phi) is 6.07. The van der Waals surface area contributed by atoms with Crippen molar-refractivity contribution >= 4 is 10.0 Å². The lowest BCUT2D eigenvalue weighted by atomic mass is 9.99. The van der Waals surface area contributed by atoms with Crippen LogP contribution in [0, 0.1) is 34.6 Å². The molecule has 136 valence electrons. The molecule has 0 saturated heterocycles. The standard InChI is InChI=1S/C21H29NO2S/c1-7-20(13-19-9-8-14(2)10-16(19)4)22-25(23,24)21-17(5)11-15(3)12-18(21)6/h8-12,20,22H,7,13H2,1-6H3. The monoisotopic (exact) mass is 359 g/mol. The highest BCUT2D eigenvalue weighted by molar-refractivity contribution is 7.89. The lowest BCUT2D eigenvalue weighted by molar-refractivity contribution is 0.535. The molecule has 0 fully saturated rings. The normalized spacial score (nSPS) is 13.0. The van der Waals surface area contributed by atoms with E-state index in [4.69, 9.17) is 0 Å². The van der Waals surface area contributed by atoms with Crippen molar-refractivity contribution in [1.29, 1.82) is 0 Å². The smallest absolute Gasteiger partial charge is 0.208 e. The summed E-state index contributed by atoms with van der Waals surface area (Å²) in [6.45, 7) is 11.9. The molecule has 0 saturated carbocycles. The fourth-order valence-corrected chi connectivity index (χ4v) is 5.25. The van der Waals surface area contributed by atoms with Crippen molar-refractivity contribution in [2.24, 2.45) is 0 Å². The molecule has 2 aromatic carbocycles. The van der Waals surface area contributed by atoms with Crippen molar-refractivity contribution in [2.45, 2.75) is 65.3 Å². The van der Waals surface area contributed by atoms with Crippen LogP contribution in [0.25, 0.3) is 0 Å². The molecule has 0 radical (unpaired) electrons. The third kappa shape index (κ3) is 4.71. The summed E-state index contributed by atoms with van der Waals surface area (Å²) in [5, 5.41) is 0. The quantitative estimate of drug-likeness (QED) is 0.824. The fourth-order valence-electron chi connectivity index (χ4n) is 3.48. The average molecular weight is 360 g/mol. The molecule has 0 bridgehead atoms. The van der Waals surface area contributed by atoms with Gasteiger partial charge in [0.15, 0.2) is 0 Å². The average Bonchev–Trinajstić information content (AvgIpc) is 2.47. The Hall–Kier alpha value is -1.65. The van der Waals surface area contributed by atoms with Crippen molar-refractivity contribution < 1.29 is 8.42 Å². The molecule has 2 rings (SSSR count). The number of benzene rings is 2. The molecule has 0 aliphatic carbocycles. The molecule has 1 unspecified atom stereocenters. The van der Waals surface area contributed by atoms with Gasteiger partial charge in [-0.1, -0.05) is 48.4 Å². The van der Waals surface area contributed by atoms with E-state index in [0.29, 0.717) is 11.3 Å². The van der Waals surface area contributed by atoms with E-state index >= 15 is 0 Å².